The molecule has 2 aromatic rings. The molecule has 0 aliphatic rings. The summed E-state index contributed by atoms with van der Waals surface area (Å²) in [6, 6.07) is 12.7. The van der Waals surface area contributed by atoms with Gasteiger partial charge in [-0.05, 0) is 36.4 Å². The van der Waals surface area contributed by atoms with E-state index in [9.17, 15) is 4.79 Å². The number of carbonyl (C=O) groups is 1. The molecule has 110 valence electrons. The first-order chi connectivity index (χ1) is 10.0. The second kappa shape index (κ2) is 7.69. The van der Waals surface area contributed by atoms with E-state index in [-0.39, 0.29) is 5.91 Å². The van der Waals surface area contributed by atoms with Crippen molar-refractivity contribution >= 4 is 56.4 Å². The van der Waals surface area contributed by atoms with Gasteiger partial charge in [-0.15, -0.1) is 0 Å². The summed E-state index contributed by atoms with van der Waals surface area (Å²) in [5, 5.41) is 6.93. The number of amides is 1. The van der Waals surface area contributed by atoms with Crippen LogP contribution in [0.3, 0.4) is 0 Å². The van der Waals surface area contributed by atoms with Crippen molar-refractivity contribution in [3.63, 3.8) is 0 Å². The van der Waals surface area contributed by atoms with E-state index in [1.807, 2.05) is 24.3 Å². The van der Waals surface area contributed by atoms with Crippen molar-refractivity contribution in [3.05, 3.63) is 57.0 Å². The quantitative estimate of drug-likeness (QED) is 0.740. The van der Waals surface area contributed by atoms with E-state index < -0.39 is 0 Å². The Labute approximate surface area is 141 Å². The van der Waals surface area contributed by atoms with E-state index in [0.29, 0.717) is 28.7 Å². The summed E-state index contributed by atoms with van der Waals surface area (Å²) >= 11 is 15.2. The van der Waals surface area contributed by atoms with E-state index in [1.165, 1.54) is 0 Å². The van der Waals surface area contributed by atoms with Crippen molar-refractivity contribution in [2.24, 2.45) is 0 Å². The maximum Gasteiger partial charge on any atom is 0.226 e. The van der Waals surface area contributed by atoms with Crippen molar-refractivity contribution in [2.75, 3.05) is 17.2 Å². The summed E-state index contributed by atoms with van der Waals surface area (Å²) in [5.74, 6) is -0.101. The summed E-state index contributed by atoms with van der Waals surface area (Å²) in [6.45, 7) is 0.538. The molecule has 0 atom stereocenters. The van der Waals surface area contributed by atoms with Gasteiger partial charge in [0.2, 0.25) is 5.91 Å². The maximum atomic E-state index is 11.8. The van der Waals surface area contributed by atoms with Crippen LogP contribution >= 0.6 is 39.1 Å². The first kappa shape index (κ1) is 16.1. The molecule has 21 heavy (non-hydrogen) atoms. The van der Waals surface area contributed by atoms with Gasteiger partial charge in [-0.3, -0.25) is 4.79 Å². The first-order valence-corrected chi connectivity index (χ1v) is 7.83. The lowest BCUT2D eigenvalue weighted by Gasteiger charge is -2.08. The van der Waals surface area contributed by atoms with Crippen molar-refractivity contribution in [3.8, 4) is 0 Å². The fourth-order valence-electron chi connectivity index (χ4n) is 1.77. The Morgan fingerprint density at radius 1 is 1.05 bits per heavy atom. The molecule has 0 spiro atoms. The molecule has 2 aromatic carbocycles. The number of hydrogen-bond donors (Lipinski definition) is 2. The molecule has 0 bridgehead atoms. The molecule has 0 aromatic heterocycles. The normalized spacial score (nSPS) is 10.2. The molecule has 0 saturated heterocycles. The summed E-state index contributed by atoms with van der Waals surface area (Å²) in [4.78, 5) is 11.8. The number of hydrogen-bond acceptors (Lipinski definition) is 2. The minimum atomic E-state index is -0.101. The molecule has 0 fully saturated rings. The largest absolute Gasteiger partial charge is 0.384 e. The van der Waals surface area contributed by atoms with E-state index in [1.54, 1.807) is 18.2 Å². The van der Waals surface area contributed by atoms with Crippen molar-refractivity contribution in [2.45, 2.75) is 6.42 Å². The molecule has 0 radical (unpaired) electrons. The van der Waals surface area contributed by atoms with Crippen molar-refractivity contribution in [1.82, 2.24) is 0 Å². The molecule has 0 heterocycles. The van der Waals surface area contributed by atoms with Gasteiger partial charge in [0.15, 0.2) is 0 Å². The third-order valence-corrected chi connectivity index (χ3v) is 3.58. The van der Waals surface area contributed by atoms with Gasteiger partial charge >= 0.3 is 0 Å². The Morgan fingerprint density at radius 3 is 2.43 bits per heavy atom. The monoisotopic (exact) mass is 386 g/mol. The van der Waals surface area contributed by atoms with E-state index in [2.05, 4.69) is 26.6 Å². The molecule has 6 heteroatoms. The summed E-state index contributed by atoms with van der Waals surface area (Å²) in [5.41, 5.74) is 1.56. The molecular weight excluding hydrogens is 375 g/mol. The molecule has 2 N–H and O–H groups in total. The van der Waals surface area contributed by atoms with Gasteiger partial charge in [-0.25, -0.2) is 0 Å². The number of anilines is 2. The van der Waals surface area contributed by atoms with Crippen LogP contribution in [0.15, 0.2) is 46.9 Å². The average molecular weight is 388 g/mol. The van der Waals surface area contributed by atoms with E-state index >= 15 is 0 Å². The molecule has 0 aliphatic carbocycles. The fourth-order valence-corrected chi connectivity index (χ4v) is 2.69. The zero-order valence-corrected chi connectivity index (χ0v) is 14.1. The maximum absolute atomic E-state index is 11.8. The highest BCUT2D eigenvalue weighted by molar-refractivity contribution is 9.10. The summed E-state index contributed by atoms with van der Waals surface area (Å²) < 4.78 is 0.991. The Kier molecular flexibility index (Phi) is 5.91. The van der Waals surface area contributed by atoms with Crippen molar-refractivity contribution in [1.29, 1.82) is 0 Å². The fraction of sp³-hybridized carbons (Fsp3) is 0.133. The van der Waals surface area contributed by atoms with Crippen LogP contribution in [0.5, 0.6) is 0 Å². The molecular formula is C15H13BrCl2N2O. The van der Waals surface area contributed by atoms with E-state index in [0.717, 1.165) is 10.2 Å². The number of benzene rings is 2. The molecule has 0 unspecified atom stereocenters. The standard InChI is InChI=1S/C15H13BrCl2N2O/c16-10-2-1-3-13(6-10)19-5-4-15(21)20-14-8-11(17)7-12(18)9-14/h1-3,6-9,19H,4-5H2,(H,20,21). The number of halogens is 3. The Balaban J connectivity index is 1.82. The summed E-state index contributed by atoms with van der Waals surface area (Å²) in [6.07, 6.45) is 0.344. The lowest BCUT2D eigenvalue weighted by atomic mass is 10.3. The zero-order chi connectivity index (χ0) is 15.2. The van der Waals surface area contributed by atoms with Crippen LogP contribution in [-0.4, -0.2) is 12.5 Å². The van der Waals surface area contributed by atoms with Gasteiger partial charge in [-0.1, -0.05) is 45.2 Å². The first-order valence-electron chi connectivity index (χ1n) is 6.28. The van der Waals surface area contributed by atoms with Gasteiger partial charge in [0.05, 0.1) is 0 Å². The van der Waals surface area contributed by atoms with Gasteiger partial charge in [0.25, 0.3) is 0 Å². The minimum Gasteiger partial charge on any atom is -0.384 e. The highest BCUT2D eigenvalue weighted by Crippen LogP contribution is 2.22. The third kappa shape index (κ3) is 5.58. The average Bonchev–Trinajstić information content (AvgIpc) is 2.37. The molecule has 0 saturated carbocycles. The van der Waals surface area contributed by atoms with Crippen LogP contribution in [0.1, 0.15) is 6.42 Å². The molecule has 1 amide bonds. The Bertz CT molecular complexity index is 629. The minimum absolute atomic E-state index is 0.101. The Morgan fingerprint density at radius 2 is 1.76 bits per heavy atom. The molecule has 3 nitrogen and oxygen atoms in total. The lowest BCUT2D eigenvalue weighted by molar-refractivity contribution is -0.115. The predicted molar refractivity (Wildman–Crippen MR) is 92.3 cm³/mol. The van der Waals surface area contributed by atoms with Crippen molar-refractivity contribution < 1.29 is 4.79 Å². The zero-order valence-electron chi connectivity index (χ0n) is 11.0. The van der Waals surface area contributed by atoms with Gasteiger partial charge in [0, 0.05) is 38.9 Å². The topological polar surface area (TPSA) is 41.1 Å². The SMILES string of the molecule is O=C(CCNc1cccc(Br)c1)Nc1cc(Cl)cc(Cl)c1. The Hall–Kier alpha value is -1.23. The van der Waals surface area contributed by atoms with Gasteiger partial charge in [0.1, 0.15) is 0 Å². The highest BCUT2D eigenvalue weighted by Gasteiger charge is 2.04. The van der Waals surface area contributed by atoms with Crippen LogP contribution in [0.4, 0.5) is 11.4 Å². The highest BCUT2D eigenvalue weighted by atomic mass is 79.9. The lowest BCUT2D eigenvalue weighted by Crippen LogP contribution is -2.16. The van der Waals surface area contributed by atoms with Crippen LogP contribution in [0.25, 0.3) is 0 Å². The van der Waals surface area contributed by atoms with Crippen LogP contribution in [-0.2, 0) is 4.79 Å². The summed E-state index contributed by atoms with van der Waals surface area (Å²) in [7, 11) is 0. The predicted octanol–water partition coefficient (Wildman–Crippen LogP) is 5.20. The number of carbonyl (C=O) groups excluding carboxylic acids is 1. The van der Waals surface area contributed by atoms with Gasteiger partial charge in [-0.2, -0.15) is 0 Å². The van der Waals surface area contributed by atoms with Crippen LogP contribution < -0.4 is 10.6 Å². The smallest absolute Gasteiger partial charge is 0.226 e. The second-order valence-electron chi connectivity index (χ2n) is 4.39. The molecule has 0 aliphatic heterocycles. The second-order valence-corrected chi connectivity index (χ2v) is 6.18. The number of rotatable bonds is 5. The van der Waals surface area contributed by atoms with Crippen LogP contribution in [0.2, 0.25) is 10.0 Å². The molecule has 2 rings (SSSR count). The number of nitrogens with one attached hydrogen (secondary N) is 2. The van der Waals surface area contributed by atoms with Crippen LogP contribution in [0, 0.1) is 0 Å². The van der Waals surface area contributed by atoms with Gasteiger partial charge < -0.3 is 10.6 Å². The van der Waals surface area contributed by atoms with E-state index in [4.69, 9.17) is 23.2 Å². The third-order valence-electron chi connectivity index (χ3n) is 2.65.